The molecular formula is C16H20N4O. The third-order valence-electron chi connectivity index (χ3n) is 3.84. The average Bonchev–Trinajstić information content (AvgIpc) is 2.91. The second kappa shape index (κ2) is 6.18. The molecule has 21 heavy (non-hydrogen) atoms. The van der Waals surface area contributed by atoms with Gasteiger partial charge in [0.15, 0.2) is 0 Å². The molecule has 0 amide bonds. The summed E-state index contributed by atoms with van der Waals surface area (Å²) in [6.45, 7) is 5.42. The first-order valence-corrected chi connectivity index (χ1v) is 7.26. The van der Waals surface area contributed by atoms with Crippen LogP contribution in [0.4, 0.5) is 5.82 Å². The predicted octanol–water partition coefficient (Wildman–Crippen LogP) is 2.16. The molecule has 1 N–H and O–H groups in total. The van der Waals surface area contributed by atoms with Crippen molar-refractivity contribution in [1.29, 1.82) is 0 Å². The van der Waals surface area contributed by atoms with Crippen LogP contribution in [0.3, 0.4) is 0 Å². The third kappa shape index (κ3) is 3.36. The molecule has 3 heterocycles. The number of hydrogen-bond donors (Lipinski definition) is 1. The Balaban J connectivity index is 1.71. The molecule has 2 aromatic rings. The van der Waals surface area contributed by atoms with E-state index in [0.29, 0.717) is 12.5 Å². The lowest BCUT2D eigenvalue weighted by molar-refractivity contribution is 0.185. The molecule has 1 aliphatic rings. The van der Waals surface area contributed by atoms with Gasteiger partial charge in [0, 0.05) is 24.5 Å². The van der Waals surface area contributed by atoms with Gasteiger partial charge < -0.3 is 10.1 Å². The topological polar surface area (TPSA) is 59.9 Å². The van der Waals surface area contributed by atoms with Gasteiger partial charge in [0.1, 0.15) is 5.82 Å². The van der Waals surface area contributed by atoms with Gasteiger partial charge in [0.25, 0.3) is 0 Å². The predicted molar refractivity (Wildman–Crippen MR) is 81.2 cm³/mol. The zero-order valence-electron chi connectivity index (χ0n) is 12.4. The quantitative estimate of drug-likeness (QED) is 0.932. The van der Waals surface area contributed by atoms with E-state index in [2.05, 4.69) is 32.4 Å². The van der Waals surface area contributed by atoms with Crippen molar-refractivity contribution in [2.75, 3.05) is 18.5 Å². The molecular weight excluding hydrogens is 264 g/mol. The van der Waals surface area contributed by atoms with Crippen molar-refractivity contribution < 1.29 is 4.74 Å². The van der Waals surface area contributed by atoms with Crippen molar-refractivity contribution in [3.8, 4) is 0 Å². The fraction of sp³-hybridized carbons (Fsp3) is 0.438. The van der Waals surface area contributed by atoms with Crippen LogP contribution in [-0.2, 0) is 11.2 Å². The molecule has 0 spiro atoms. The maximum absolute atomic E-state index is 5.66. The second-order valence-electron chi connectivity index (χ2n) is 5.55. The lowest BCUT2D eigenvalue weighted by atomic mass is 9.95. The Morgan fingerprint density at radius 1 is 1.24 bits per heavy atom. The van der Waals surface area contributed by atoms with E-state index in [1.165, 1.54) is 5.56 Å². The van der Waals surface area contributed by atoms with Gasteiger partial charge in [0.05, 0.1) is 30.6 Å². The zero-order valence-corrected chi connectivity index (χ0v) is 12.4. The monoisotopic (exact) mass is 284 g/mol. The number of hydrogen-bond acceptors (Lipinski definition) is 5. The Kier molecular flexibility index (Phi) is 4.10. The number of rotatable bonds is 4. The number of ether oxygens (including phenoxy) is 1. The van der Waals surface area contributed by atoms with Gasteiger partial charge in [-0.3, -0.25) is 9.97 Å². The number of aromatic nitrogens is 3. The smallest absolute Gasteiger partial charge is 0.148 e. The maximum atomic E-state index is 5.66. The minimum Gasteiger partial charge on any atom is -0.379 e. The Labute approximate surface area is 124 Å². The molecule has 5 nitrogen and oxygen atoms in total. The summed E-state index contributed by atoms with van der Waals surface area (Å²) in [6, 6.07) is 4.40. The van der Waals surface area contributed by atoms with Crippen LogP contribution in [-0.4, -0.2) is 34.2 Å². The van der Waals surface area contributed by atoms with Crippen molar-refractivity contribution in [1.82, 2.24) is 15.0 Å². The minimum atomic E-state index is 0.271. The molecule has 0 radical (unpaired) electrons. The molecule has 5 heteroatoms. The first kappa shape index (κ1) is 13.9. The fourth-order valence-corrected chi connectivity index (χ4v) is 2.63. The lowest BCUT2D eigenvalue weighted by Gasteiger charge is -2.20. The van der Waals surface area contributed by atoms with Gasteiger partial charge in [-0.05, 0) is 38.0 Å². The van der Waals surface area contributed by atoms with Crippen LogP contribution in [0.5, 0.6) is 0 Å². The maximum Gasteiger partial charge on any atom is 0.148 e. The van der Waals surface area contributed by atoms with E-state index in [0.717, 1.165) is 30.2 Å². The summed E-state index contributed by atoms with van der Waals surface area (Å²) in [5.74, 6) is 1.30. The van der Waals surface area contributed by atoms with Crippen molar-refractivity contribution in [3.63, 3.8) is 0 Å². The van der Waals surface area contributed by atoms with E-state index in [1.807, 2.05) is 26.2 Å². The zero-order chi connectivity index (χ0) is 14.7. The van der Waals surface area contributed by atoms with Crippen LogP contribution >= 0.6 is 0 Å². The van der Waals surface area contributed by atoms with E-state index in [9.17, 15) is 0 Å². The Morgan fingerprint density at radius 2 is 2.05 bits per heavy atom. The molecule has 110 valence electrons. The highest BCUT2D eigenvalue weighted by molar-refractivity contribution is 5.41. The van der Waals surface area contributed by atoms with Crippen molar-refractivity contribution in [2.24, 2.45) is 5.92 Å². The lowest BCUT2D eigenvalue weighted by Crippen LogP contribution is -2.30. The molecule has 0 saturated carbocycles. The molecule has 1 saturated heterocycles. The Hall–Kier alpha value is -2.01. The van der Waals surface area contributed by atoms with Gasteiger partial charge >= 0.3 is 0 Å². The number of aryl methyl sites for hydroxylation is 2. The summed E-state index contributed by atoms with van der Waals surface area (Å²) in [6.07, 6.45) is 6.45. The minimum absolute atomic E-state index is 0.271. The molecule has 0 aliphatic carbocycles. The molecule has 3 rings (SSSR count). The van der Waals surface area contributed by atoms with Gasteiger partial charge in [-0.15, -0.1) is 0 Å². The third-order valence-corrected chi connectivity index (χ3v) is 3.84. The summed E-state index contributed by atoms with van der Waals surface area (Å²) in [5, 5.41) is 3.51. The highest BCUT2D eigenvalue weighted by Crippen LogP contribution is 2.23. The normalized spacial score (nSPS) is 21.4. The first-order valence-electron chi connectivity index (χ1n) is 7.26. The molecule has 1 fully saturated rings. The SMILES string of the molecule is Cc1cnc(C)c(N[C@H]2COC[C@H]2Cc2ccncc2)n1. The summed E-state index contributed by atoms with van der Waals surface area (Å²) in [4.78, 5) is 13.0. The van der Waals surface area contributed by atoms with Crippen LogP contribution < -0.4 is 5.32 Å². The molecule has 2 aromatic heterocycles. The molecule has 0 unspecified atom stereocenters. The number of pyridine rings is 1. The number of nitrogens with one attached hydrogen (secondary N) is 1. The van der Waals surface area contributed by atoms with Gasteiger partial charge in [-0.2, -0.15) is 0 Å². The van der Waals surface area contributed by atoms with E-state index in [-0.39, 0.29) is 6.04 Å². The summed E-state index contributed by atoms with van der Waals surface area (Å²) >= 11 is 0. The Bertz CT molecular complexity index is 602. The van der Waals surface area contributed by atoms with E-state index >= 15 is 0 Å². The summed E-state index contributed by atoms with van der Waals surface area (Å²) in [7, 11) is 0. The number of nitrogens with zero attached hydrogens (tertiary/aromatic N) is 3. The average molecular weight is 284 g/mol. The summed E-state index contributed by atoms with van der Waals surface area (Å²) < 4.78 is 5.66. The van der Waals surface area contributed by atoms with Crippen LogP contribution in [0.1, 0.15) is 17.0 Å². The van der Waals surface area contributed by atoms with Crippen LogP contribution in [0, 0.1) is 19.8 Å². The highest BCUT2D eigenvalue weighted by atomic mass is 16.5. The van der Waals surface area contributed by atoms with Gasteiger partial charge in [-0.1, -0.05) is 0 Å². The largest absolute Gasteiger partial charge is 0.379 e. The van der Waals surface area contributed by atoms with E-state index in [1.54, 1.807) is 6.20 Å². The fourth-order valence-electron chi connectivity index (χ4n) is 2.63. The Morgan fingerprint density at radius 3 is 2.86 bits per heavy atom. The van der Waals surface area contributed by atoms with Gasteiger partial charge in [0.2, 0.25) is 0 Å². The molecule has 2 atom stereocenters. The molecule has 0 bridgehead atoms. The van der Waals surface area contributed by atoms with Crippen molar-refractivity contribution in [2.45, 2.75) is 26.3 Å². The molecule has 0 aromatic carbocycles. The van der Waals surface area contributed by atoms with Crippen molar-refractivity contribution >= 4 is 5.82 Å². The van der Waals surface area contributed by atoms with E-state index in [4.69, 9.17) is 4.74 Å². The van der Waals surface area contributed by atoms with Crippen LogP contribution in [0.25, 0.3) is 0 Å². The van der Waals surface area contributed by atoms with Gasteiger partial charge in [-0.25, -0.2) is 4.98 Å². The van der Waals surface area contributed by atoms with Crippen LogP contribution in [0.2, 0.25) is 0 Å². The second-order valence-corrected chi connectivity index (χ2v) is 5.55. The van der Waals surface area contributed by atoms with Crippen molar-refractivity contribution in [3.05, 3.63) is 47.7 Å². The molecule has 1 aliphatic heterocycles. The summed E-state index contributed by atoms with van der Waals surface area (Å²) in [5.41, 5.74) is 3.14. The number of anilines is 1. The first-order chi connectivity index (χ1) is 10.2. The van der Waals surface area contributed by atoms with Crippen LogP contribution in [0.15, 0.2) is 30.7 Å². The standard InChI is InChI=1S/C16H20N4O/c1-11-8-18-12(2)16(19-11)20-15-10-21-9-14(15)7-13-3-5-17-6-4-13/h3-6,8,14-15H,7,9-10H2,1-2H3,(H,19,20)/t14-,15+/m1/s1. The van der Waals surface area contributed by atoms with E-state index < -0.39 is 0 Å². The highest BCUT2D eigenvalue weighted by Gasteiger charge is 2.29.